The molecule has 218 valence electrons. The summed E-state index contributed by atoms with van der Waals surface area (Å²) < 4.78 is 15.0. The van der Waals surface area contributed by atoms with Crippen LogP contribution in [0.4, 0.5) is 5.82 Å². The van der Waals surface area contributed by atoms with Crippen LogP contribution >= 0.6 is 0 Å². The minimum atomic E-state index is -0.792. The van der Waals surface area contributed by atoms with Gasteiger partial charge in [-0.25, -0.2) is 4.79 Å². The van der Waals surface area contributed by atoms with Crippen LogP contribution in [0.1, 0.15) is 79.8 Å². The first-order chi connectivity index (χ1) is 18.4. The number of aliphatic hydroxyl groups excluding tert-OH is 1. The Morgan fingerprint density at radius 1 is 0.897 bits per heavy atom. The van der Waals surface area contributed by atoms with Gasteiger partial charge in [0.1, 0.15) is 29.0 Å². The molecule has 2 heterocycles. The van der Waals surface area contributed by atoms with Gasteiger partial charge in [-0.2, -0.15) is 0 Å². The van der Waals surface area contributed by atoms with Gasteiger partial charge >= 0.3 is 5.69 Å². The van der Waals surface area contributed by atoms with E-state index < -0.39 is 11.7 Å². The lowest BCUT2D eigenvalue weighted by molar-refractivity contribution is -0.0450. The molecule has 1 aliphatic heterocycles. The maximum atomic E-state index is 13.1. The summed E-state index contributed by atoms with van der Waals surface area (Å²) in [6.07, 6.45) is 2.66. The van der Waals surface area contributed by atoms with Crippen LogP contribution in [-0.2, 0) is 0 Å². The highest BCUT2D eigenvalue weighted by Gasteiger charge is 2.33. The number of benzene rings is 1. The summed E-state index contributed by atoms with van der Waals surface area (Å²) in [5.74, 6) is 2.17. The van der Waals surface area contributed by atoms with E-state index in [0.717, 1.165) is 25.0 Å². The molecule has 9 nitrogen and oxygen atoms in total. The van der Waals surface area contributed by atoms with Crippen molar-refractivity contribution in [2.24, 2.45) is 0 Å². The smallest absolute Gasteiger partial charge is 0.333 e. The standard InChI is InChI=1S/C30H48N4O5/c1-8-9-10-19-38-24-11-13-25(14-12-24)39-30(6,7)26(35)21-31-15-17-32(18-16-31)27-20-28(36)34(23(4)5)29(37)33(27)22(2)3/h11-14,20,22-23,26,35H,8-10,15-19,21H2,1-7H3. The maximum Gasteiger partial charge on any atom is 0.333 e. The van der Waals surface area contributed by atoms with Crippen molar-refractivity contribution in [3.63, 3.8) is 0 Å². The van der Waals surface area contributed by atoms with E-state index in [2.05, 4.69) is 16.7 Å². The van der Waals surface area contributed by atoms with Gasteiger partial charge in [0.2, 0.25) is 0 Å². The Morgan fingerprint density at radius 2 is 1.49 bits per heavy atom. The molecule has 1 aromatic carbocycles. The molecule has 1 aliphatic rings. The molecule has 0 saturated carbocycles. The number of hydrogen-bond acceptors (Lipinski definition) is 7. The molecule has 1 aromatic heterocycles. The van der Waals surface area contributed by atoms with Crippen LogP contribution in [0, 0.1) is 0 Å². The van der Waals surface area contributed by atoms with Crippen LogP contribution in [0.15, 0.2) is 39.9 Å². The summed E-state index contributed by atoms with van der Waals surface area (Å²) in [6.45, 7) is 17.5. The van der Waals surface area contributed by atoms with Crippen LogP contribution < -0.4 is 25.6 Å². The molecule has 1 fully saturated rings. The van der Waals surface area contributed by atoms with Crippen LogP contribution in [-0.4, -0.2) is 70.2 Å². The van der Waals surface area contributed by atoms with E-state index >= 15 is 0 Å². The molecule has 0 aliphatic carbocycles. The van der Waals surface area contributed by atoms with Crippen molar-refractivity contribution in [3.05, 3.63) is 51.2 Å². The number of β-amino-alcohol motifs (C(OH)–C–C–N with tert-alkyl or cyclic N) is 1. The van der Waals surface area contributed by atoms with Gasteiger partial charge in [0.15, 0.2) is 0 Å². The monoisotopic (exact) mass is 544 g/mol. The Kier molecular flexibility index (Phi) is 10.7. The Bertz CT molecular complexity index is 1160. The van der Waals surface area contributed by atoms with Gasteiger partial charge in [-0.3, -0.25) is 18.8 Å². The number of ether oxygens (including phenoxy) is 2. The molecule has 0 radical (unpaired) electrons. The van der Waals surface area contributed by atoms with E-state index in [1.54, 1.807) is 10.6 Å². The van der Waals surface area contributed by atoms with E-state index in [9.17, 15) is 14.7 Å². The topological polar surface area (TPSA) is 89.2 Å². The third kappa shape index (κ3) is 7.88. The molecule has 39 heavy (non-hydrogen) atoms. The first kappa shape index (κ1) is 30.8. The molecule has 2 aromatic rings. The fourth-order valence-electron chi connectivity index (χ4n) is 4.90. The van der Waals surface area contributed by atoms with Gasteiger partial charge in [-0.05, 0) is 72.2 Å². The van der Waals surface area contributed by atoms with Crippen molar-refractivity contribution in [2.45, 2.75) is 91.5 Å². The van der Waals surface area contributed by atoms with Gasteiger partial charge in [0, 0.05) is 50.9 Å². The SMILES string of the molecule is CCCCCOc1ccc(OC(C)(C)C(O)CN2CCN(c3cc(=O)n(C(C)C)c(=O)n3C(C)C)CC2)cc1. The van der Waals surface area contributed by atoms with Gasteiger partial charge in [0.25, 0.3) is 5.56 Å². The van der Waals surface area contributed by atoms with Crippen molar-refractivity contribution in [1.29, 1.82) is 0 Å². The molecular formula is C30H48N4O5. The van der Waals surface area contributed by atoms with E-state index in [4.69, 9.17) is 9.47 Å². The molecule has 1 atom stereocenters. The van der Waals surface area contributed by atoms with E-state index in [-0.39, 0.29) is 23.3 Å². The van der Waals surface area contributed by atoms with Crippen LogP contribution in [0.3, 0.4) is 0 Å². The largest absolute Gasteiger partial charge is 0.494 e. The number of piperazine rings is 1. The zero-order valence-electron chi connectivity index (χ0n) is 24.9. The average Bonchev–Trinajstić information content (AvgIpc) is 2.87. The Balaban J connectivity index is 1.58. The van der Waals surface area contributed by atoms with Crippen LogP contribution in [0.25, 0.3) is 0 Å². The predicted molar refractivity (Wildman–Crippen MR) is 157 cm³/mol. The van der Waals surface area contributed by atoms with E-state index in [1.807, 2.05) is 65.8 Å². The number of anilines is 1. The first-order valence-electron chi connectivity index (χ1n) is 14.4. The third-order valence-electron chi connectivity index (χ3n) is 7.33. The molecule has 1 unspecified atom stereocenters. The second kappa shape index (κ2) is 13.5. The Hall–Kier alpha value is -2.78. The Labute approximate surface area is 233 Å². The molecule has 0 bridgehead atoms. The number of nitrogens with zero attached hydrogens (tertiary/aromatic N) is 4. The molecule has 9 heteroatoms. The highest BCUT2D eigenvalue weighted by molar-refractivity contribution is 5.40. The molecule has 1 N–H and O–H groups in total. The van der Waals surface area contributed by atoms with Gasteiger partial charge in [-0.1, -0.05) is 19.8 Å². The maximum absolute atomic E-state index is 13.1. The molecule has 0 amide bonds. The van der Waals surface area contributed by atoms with Gasteiger partial charge in [-0.15, -0.1) is 0 Å². The minimum absolute atomic E-state index is 0.0717. The normalized spacial score (nSPS) is 15.7. The molecular weight excluding hydrogens is 496 g/mol. The van der Waals surface area contributed by atoms with Crippen molar-refractivity contribution in [2.75, 3.05) is 44.2 Å². The van der Waals surface area contributed by atoms with Crippen molar-refractivity contribution in [3.8, 4) is 11.5 Å². The van der Waals surface area contributed by atoms with Crippen LogP contribution in [0.2, 0.25) is 0 Å². The average molecular weight is 545 g/mol. The van der Waals surface area contributed by atoms with E-state index in [0.29, 0.717) is 50.9 Å². The van der Waals surface area contributed by atoms with Gasteiger partial charge < -0.3 is 19.5 Å². The number of aliphatic hydroxyl groups is 1. The fraction of sp³-hybridized carbons (Fsp3) is 0.667. The number of aromatic nitrogens is 2. The zero-order chi connectivity index (χ0) is 28.7. The molecule has 0 spiro atoms. The lowest BCUT2D eigenvalue weighted by atomic mass is 10.0. The minimum Gasteiger partial charge on any atom is -0.494 e. The highest BCUT2D eigenvalue weighted by Crippen LogP contribution is 2.25. The molecule has 1 saturated heterocycles. The molecule has 3 rings (SSSR count). The summed E-state index contributed by atoms with van der Waals surface area (Å²) >= 11 is 0. The summed E-state index contributed by atoms with van der Waals surface area (Å²) in [5, 5.41) is 11.1. The van der Waals surface area contributed by atoms with Crippen LogP contribution in [0.5, 0.6) is 11.5 Å². The Morgan fingerprint density at radius 3 is 2.05 bits per heavy atom. The second-order valence-corrected chi connectivity index (χ2v) is 11.6. The van der Waals surface area contributed by atoms with E-state index in [1.165, 1.54) is 4.57 Å². The number of rotatable bonds is 13. The van der Waals surface area contributed by atoms with Crippen molar-refractivity contribution < 1.29 is 14.6 Å². The lowest BCUT2D eigenvalue weighted by Gasteiger charge is -2.40. The summed E-state index contributed by atoms with van der Waals surface area (Å²) in [4.78, 5) is 30.2. The predicted octanol–water partition coefficient (Wildman–Crippen LogP) is 4.08. The summed E-state index contributed by atoms with van der Waals surface area (Å²) in [7, 11) is 0. The second-order valence-electron chi connectivity index (χ2n) is 11.6. The first-order valence-corrected chi connectivity index (χ1v) is 14.4. The summed E-state index contributed by atoms with van der Waals surface area (Å²) in [6, 6.07) is 8.88. The highest BCUT2D eigenvalue weighted by atomic mass is 16.5. The zero-order valence-corrected chi connectivity index (χ0v) is 24.9. The fourth-order valence-corrected chi connectivity index (χ4v) is 4.90. The number of unbranched alkanes of at least 4 members (excludes halogenated alkanes) is 2. The third-order valence-corrected chi connectivity index (χ3v) is 7.33. The van der Waals surface area contributed by atoms with Crippen molar-refractivity contribution >= 4 is 5.82 Å². The quantitative estimate of drug-likeness (QED) is 0.380. The lowest BCUT2D eigenvalue weighted by Crippen LogP contribution is -2.54. The number of hydrogen-bond donors (Lipinski definition) is 1. The van der Waals surface area contributed by atoms with Crippen molar-refractivity contribution in [1.82, 2.24) is 14.0 Å². The van der Waals surface area contributed by atoms with Gasteiger partial charge in [0.05, 0.1) is 6.61 Å². The summed E-state index contributed by atoms with van der Waals surface area (Å²) in [5.41, 5.74) is -1.33.